The highest BCUT2D eigenvalue weighted by atomic mass is 16.5. The minimum absolute atomic E-state index is 0.0520. The number of fused-ring (bicyclic) bond motifs is 1. The molecule has 0 unspecified atom stereocenters. The van der Waals surface area contributed by atoms with Crippen LogP contribution in [0.4, 0.5) is 0 Å². The summed E-state index contributed by atoms with van der Waals surface area (Å²) in [4.78, 5) is 36.1. The second-order valence-corrected chi connectivity index (χ2v) is 4.14. The highest BCUT2D eigenvalue weighted by Gasteiger charge is 2.36. The number of hydrogen-bond acceptors (Lipinski definition) is 5. The summed E-state index contributed by atoms with van der Waals surface area (Å²) in [6.45, 7) is 1.65. The van der Waals surface area contributed by atoms with Crippen molar-refractivity contribution in [3.8, 4) is 0 Å². The fourth-order valence-electron chi connectivity index (χ4n) is 2.19. The van der Waals surface area contributed by atoms with Crippen LogP contribution < -0.4 is 0 Å². The number of rotatable bonds is 2. The molecule has 1 aliphatic carbocycles. The third-order valence-corrected chi connectivity index (χ3v) is 3.24. The standard InChI is InChI=1S/C13H13NO5/c1-6-9(13(17)19-4)10-11(14(6)2)7(15)5-8(18-3)12(10)16/h5H,1-4H3. The third kappa shape index (κ3) is 1.68. The average molecular weight is 263 g/mol. The number of allylic oxidation sites excluding steroid dienone is 2. The molecule has 0 saturated carbocycles. The summed E-state index contributed by atoms with van der Waals surface area (Å²) in [7, 11) is 4.15. The number of methoxy groups -OCH3 is 2. The minimum atomic E-state index is -0.646. The smallest absolute Gasteiger partial charge is 0.340 e. The van der Waals surface area contributed by atoms with Crippen LogP contribution in [0.25, 0.3) is 0 Å². The quantitative estimate of drug-likeness (QED) is 0.745. The van der Waals surface area contributed by atoms with Gasteiger partial charge in [-0.2, -0.15) is 0 Å². The summed E-state index contributed by atoms with van der Waals surface area (Å²) in [5.74, 6) is -1.57. The van der Waals surface area contributed by atoms with E-state index in [1.165, 1.54) is 18.8 Å². The Morgan fingerprint density at radius 2 is 1.89 bits per heavy atom. The molecule has 0 bridgehead atoms. The molecule has 6 nitrogen and oxygen atoms in total. The number of nitrogens with zero attached hydrogens (tertiary/aromatic N) is 1. The third-order valence-electron chi connectivity index (χ3n) is 3.24. The van der Waals surface area contributed by atoms with E-state index >= 15 is 0 Å². The molecular formula is C13H13NO5. The molecule has 0 amide bonds. The van der Waals surface area contributed by atoms with Crippen molar-refractivity contribution in [2.45, 2.75) is 6.92 Å². The maximum absolute atomic E-state index is 12.2. The second kappa shape index (κ2) is 4.38. The molecular weight excluding hydrogens is 250 g/mol. The fourth-order valence-corrected chi connectivity index (χ4v) is 2.19. The monoisotopic (exact) mass is 263 g/mol. The molecule has 1 aliphatic rings. The van der Waals surface area contributed by atoms with Crippen LogP contribution in [0.1, 0.15) is 36.9 Å². The van der Waals surface area contributed by atoms with Gasteiger partial charge in [-0.1, -0.05) is 0 Å². The lowest BCUT2D eigenvalue weighted by Crippen LogP contribution is -2.21. The van der Waals surface area contributed by atoms with Crippen molar-refractivity contribution in [3.63, 3.8) is 0 Å². The summed E-state index contributed by atoms with van der Waals surface area (Å²) in [5, 5.41) is 0. The van der Waals surface area contributed by atoms with Crippen LogP contribution in [-0.2, 0) is 16.5 Å². The zero-order valence-corrected chi connectivity index (χ0v) is 11.1. The minimum Gasteiger partial charge on any atom is -0.492 e. The number of carbonyl (C=O) groups is 3. The fraction of sp³-hybridized carbons (Fsp3) is 0.308. The SMILES string of the molecule is COC(=O)c1c2c(n(C)c1C)C(=O)C=C(OC)C2=O. The molecule has 1 aromatic rings. The van der Waals surface area contributed by atoms with Gasteiger partial charge in [-0.15, -0.1) is 0 Å². The molecule has 0 fully saturated rings. The highest BCUT2D eigenvalue weighted by molar-refractivity contribution is 6.26. The molecule has 19 heavy (non-hydrogen) atoms. The van der Waals surface area contributed by atoms with E-state index in [0.29, 0.717) is 5.69 Å². The van der Waals surface area contributed by atoms with Crippen molar-refractivity contribution >= 4 is 17.5 Å². The number of ketones is 2. The lowest BCUT2D eigenvalue weighted by atomic mass is 9.96. The van der Waals surface area contributed by atoms with Crippen molar-refractivity contribution in [1.29, 1.82) is 0 Å². The molecule has 2 rings (SSSR count). The second-order valence-electron chi connectivity index (χ2n) is 4.14. The molecule has 0 spiro atoms. The predicted octanol–water partition coefficient (Wildman–Crippen LogP) is 1.03. The number of carbonyl (C=O) groups excluding carboxylic acids is 3. The summed E-state index contributed by atoms with van der Waals surface area (Å²) in [5.41, 5.74) is 0.852. The number of ether oxygens (including phenoxy) is 2. The van der Waals surface area contributed by atoms with Crippen LogP contribution in [-0.4, -0.2) is 36.3 Å². The van der Waals surface area contributed by atoms with Gasteiger partial charge >= 0.3 is 5.97 Å². The van der Waals surface area contributed by atoms with E-state index in [9.17, 15) is 14.4 Å². The molecule has 0 N–H and O–H groups in total. The highest BCUT2D eigenvalue weighted by Crippen LogP contribution is 2.29. The lowest BCUT2D eigenvalue weighted by Gasteiger charge is -2.12. The summed E-state index contributed by atoms with van der Waals surface area (Å²) in [6, 6.07) is 0. The van der Waals surface area contributed by atoms with E-state index < -0.39 is 11.8 Å². The van der Waals surface area contributed by atoms with Crippen LogP contribution in [0.5, 0.6) is 0 Å². The summed E-state index contributed by atoms with van der Waals surface area (Å²) < 4.78 is 11.1. The largest absolute Gasteiger partial charge is 0.492 e. The maximum Gasteiger partial charge on any atom is 0.340 e. The number of aromatic nitrogens is 1. The van der Waals surface area contributed by atoms with Crippen LogP contribution in [0.15, 0.2) is 11.8 Å². The first-order valence-corrected chi connectivity index (χ1v) is 5.56. The Kier molecular flexibility index (Phi) is 3.01. The van der Waals surface area contributed by atoms with E-state index in [2.05, 4.69) is 4.74 Å². The number of hydrogen-bond donors (Lipinski definition) is 0. The van der Waals surface area contributed by atoms with Crippen LogP contribution in [0.2, 0.25) is 0 Å². The number of esters is 1. The first kappa shape index (κ1) is 13.1. The van der Waals surface area contributed by atoms with Gasteiger partial charge in [-0.3, -0.25) is 9.59 Å². The Balaban J connectivity index is 2.79. The topological polar surface area (TPSA) is 74.6 Å². The van der Waals surface area contributed by atoms with Gasteiger partial charge in [0, 0.05) is 18.8 Å². The predicted molar refractivity (Wildman–Crippen MR) is 65.2 cm³/mol. The van der Waals surface area contributed by atoms with Crippen molar-refractivity contribution in [1.82, 2.24) is 4.57 Å². The van der Waals surface area contributed by atoms with Gasteiger partial charge in [0.1, 0.15) is 5.69 Å². The van der Waals surface area contributed by atoms with Gasteiger partial charge in [-0.25, -0.2) is 4.79 Å². The summed E-state index contributed by atoms with van der Waals surface area (Å²) in [6.07, 6.45) is 1.13. The van der Waals surface area contributed by atoms with Gasteiger partial charge in [-0.05, 0) is 6.92 Å². The van der Waals surface area contributed by atoms with Crippen molar-refractivity contribution in [2.75, 3.05) is 14.2 Å². The molecule has 0 aliphatic heterocycles. The van der Waals surface area contributed by atoms with Crippen molar-refractivity contribution < 1.29 is 23.9 Å². The van der Waals surface area contributed by atoms with Gasteiger partial charge in [0.15, 0.2) is 5.76 Å². The Morgan fingerprint density at radius 3 is 2.42 bits per heavy atom. The lowest BCUT2D eigenvalue weighted by molar-refractivity contribution is 0.0596. The Labute approximate surface area is 109 Å². The Bertz CT molecular complexity index is 636. The van der Waals surface area contributed by atoms with Gasteiger partial charge < -0.3 is 14.0 Å². The van der Waals surface area contributed by atoms with Crippen molar-refractivity contribution in [3.05, 3.63) is 34.3 Å². The van der Waals surface area contributed by atoms with Crippen molar-refractivity contribution in [2.24, 2.45) is 7.05 Å². The molecule has 1 aromatic heterocycles. The van der Waals surface area contributed by atoms with E-state index in [1.807, 2.05) is 0 Å². The van der Waals surface area contributed by atoms with Gasteiger partial charge in [0.2, 0.25) is 11.6 Å². The van der Waals surface area contributed by atoms with Gasteiger partial charge in [0.05, 0.1) is 25.3 Å². The van der Waals surface area contributed by atoms with Crippen LogP contribution >= 0.6 is 0 Å². The molecule has 6 heteroatoms. The molecule has 0 atom stereocenters. The van der Waals surface area contributed by atoms with E-state index in [4.69, 9.17) is 4.74 Å². The van der Waals surface area contributed by atoms with Crippen LogP contribution in [0, 0.1) is 6.92 Å². The molecule has 0 aromatic carbocycles. The van der Waals surface area contributed by atoms with E-state index in [1.54, 1.807) is 14.0 Å². The molecule has 0 saturated heterocycles. The Morgan fingerprint density at radius 1 is 1.26 bits per heavy atom. The zero-order valence-electron chi connectivity index (χ0n) is 11.1. The molecule has 100 valence electrons. The molecule has 0 radical (unpaired) electrons. The first-order valence-electron chi connectivity index (χ1n) is 5.56. The Hall–Kier alpha value is -2.37. The van der Waals surface area contributed by atoms with Crippen LogP contribution in [0.3, 0.4) is 0 Å². The van der Waals surface area contributed by atoms with E-state index in [0.717, 1.165) is 6.08 Å². The van der Waals surface area contributed by atoms with Gasteiger partial charge in [0.25, 0.3) is 0 Å². The summed E-state index contributed by atoms with van der Waals surface area (Å²) >= 11 is 0. The molecule has 1 heterocycles. The maximum atomic E-state index is 12.2. The normalized spacial score (nSPS) is 14.0. The zero-order chi connectivity index (χ0) is 14.3. The number of Topliss-reactive ketones (excluding diaryl/α,β-unsaturated/α-hetero) is 1. The average Bonchev–Trinajstić information content (AvgIpc) is 2.66. The van der Waals surface area contributed by atoms with E-state index in [-0.39, 0.29) is 28.4 Å². The first-order chi connectivity index (χ1) is 8.93.